The molecule has 0 spiro atoms. The minimum atomic E-state index is 0.0795. The molecule has 0 bridgehead atoms. The fraction of sp³-hybridized carbons (Fsp3) is 0.923. The standard InChI is InChI=1S/C13H24N2O2/c14-9-12-6-2-1-3-7-15(12)13(16)11-5-4-8-17-10-11/h11-12H,1-10,14H2. The number of hydrogen-bond acceptors (Lipinski definition) is 3. The molecular weight excluding hydrogens is 216 g/mol. The highest BCUT2D eigenvalue weighted by Crippen LogP contribution is 2.22. The normalized spacial score (nSPS) is 31.0. The number of likely N-dealkylation sites (tertiary alicyclic amines) is 1. The second kappa shape index (κ2) is 6.36. The van der Waals surface area contributed by atoms with Crippen LogP contribution in [-0.4, -0.2) is 43.2 Å². The molecule has 2 fully saturated rings. The Kier molecular flexibility index (Phi) is 4.80. The number of amides is 1. The molecule has 2 rings (SSSR count). The number of ether oxygens (including phenoxy) is 1. The number of carbonyl (C=O) groups is 1. The van der Waals surface area contributed by atoms with Crippen LogP contribution in [0.2, 0.25) is 0 Å². The van der Waals surface area contributed by atoms with Crippen molar-refractivity contribution in [1.82, 2.24) is 4.90 Å². The molecule has 2 atom stereocenters. The molecule has 0 aromatic carbocycles. The van der Waals surface area contributed by atoms with Crippen molar-refractivity contribution in [2.75, 3.05) is 26.3 Å². The predicted molar refractivity (Wildman–Crippen MR) is 66.6 cm³/mol. The van der Waals surface area contributed by atoms with Gasteiger partial charge in [-0.1, -0.05) is 12.8 Å². The summed E-state index contributed by atoms with van der Waals surface area (Å²) in [5.74, 6) is 0.359. The van der Waals surface area contributed by atoms with Gasteiger partial charge < -0.3 is 15.4 Å². The third-order valence-electron chi connectivity index (χ3n) is 3.94. The highest BCUT2D eigenvalue weighted by molar-refractivity contribution is 5.79. The summed E-state index contributed by atoms with van der Waals surface area (Å²) in [5, 5.41) is 0. The summed E-state index contributed by atoms with van der Waals surface area (Å²) < 4.78 is 5.42. The van der Waals surface area contributed by atoms with Crippen LogP contribution in [0.15, 0.2) is 0 Å². The summed E-state index contributed by atoms with van der Waals surface area (Å²) in [6.45, 7) is 2.90. The van der Waals surface area contributed by atoms with Gasteiger partial charge >= 0.3 is 0 Å². The summed E-state index contributed by atoms with van der Waals surface area (Å²) in [6.07, 6.45) is 6.60. The molecule has 2 saturated heterocycles. The summed E-state index contributed by atoms with van der Waals surface area (Å²) in [4.78, 5) is 14.5. The van der Waals surface area contributed by atoms with Gasteiger partial charge in [-0.25, -0.2) is 0 Å². The van der Waals surface area contributed by atoms with Gasteiger partial charge in [0.2, 0.25) is 5.91 Å². The second-order valence-electron chi connectivity index (χ2n) is 5.18. The molecule has 0 aromatic heterocycles. The highest BCUT2D eigenvalue weighted by atomic mass is 16.5. The Morgan fingerprint density at radius 1 is 1.24 bits per heavy atom. The monoisotopic (exact) mass is 240 g/mol. The summed E-state index contributed by atoms with van der Waals surface area (Å²) in [6, 6.07) is 0.256. The molecule has 0 aliphatic carbocycles. The maximum Gasteiger partial charge on any atom is 0.228 e. The van der Waals surface area contributed by atoms with Crippen LogP contribution in [0, 0.1) is 5.92 Å². The van der Waals surface area contributed by atoms with E-state index in [2.05, 4.69) is 0 Å². The van der Waals surface area contributed by atoms with Crippen LogP contribution in [0.3, 0.4) is 0 Å². The van der Waals surface area contributed by atoms with E-state index >= 15 is 0 Å². The molecule has 17 heavy (non-hydrogen) atoms. The molecular formula is C13H24N2O2. The van der Waals surface area contributed by atoms with E-state index in [1.807, 2.05) is 4.90 Å². The van der Waals surface area contributed by atoms with Crippen molar-refractivity contribution in [3.05, 3.63) is 0 Å². The van der Waals surface area contributed by atoms with Crippen molar-refractivity contribution in [2.45, 2.75) is 44.6 Å². The SMILES string of the molecule is NCC1CCCCCN1C(=O)C1CCCOC1. The van der Waals surface area contributed by atoms with Crippen LogP contribution in [0.25, 0.3) is 0 Å². The van der Waals surface area contributed by atoms with E-state index < -0.39 is 0 Å². The first kappa shape index (κ1) is 12.8. The van der Waals surface area contributed by atoms with Crippen LogP contribution in [-0.2, 0) is 9.53 Å². The molecule has 2 N–H and O–H groups in total. The number of rotatable bonds is 2. The lowest BCUT2D eigenvalue weighted by Gasteiger charge is -2.33. The molecule has 0 aromatic rings. The third-order valence-corrected chi connectivity index (χ3v) is 3.94. The van der Waals surface area contributed by atoms with E-state index in [1.54, 1.807) is 0 Å². The van der Waals surface area contributed by atoms with E-state index in [0.29, 0.717) is 13.2 Å². The number of nitrogens with zero attached hydrogens (tertiary/aromatic N) is 1. The Morgan fingerprint density at radius 2 is 2.12 bits per heavy atom. The Balaban J connectivity index is 1.98. The topological polar surface area (TPSA) is 55.6 Å². The average molecular weight is 240 g/mol. The Bertz CT molecular complexity index is 252. The van der Waals surface area contributed by atoms with E-state index in [1.165, 1.54) is 12.8 Å². The predicted octanol–water partition coefficient (Wildman–Crippen LogP) is 1.14. The number of hydrogen-bond donors (Lipinski definition) is 1. The molecule has 2 aliphatic rings. The van der Waals surface area contributed by atoms with Gasteiger partial charge in [-0.15, -0.1) is 0 Å². The molecule has 2 heterocycles. The van der Waals surface area contributed by atoms with E-state index in [0.717, 1.165) is 38.8 Å². The first-order valence-electron chi connectivity index (χ1n) is 6.91. The molecule has 0 radical (unpaired) electrons. The van der Waals surface area contributed by atoms with Crippen LogP contribution in [0.5, 0.6) is 0 Å². The zero-order chi connectivity index (χ0) is 12.1. The lowest BCUT2D eigenvalue weighted by molar-refractivity contribution is -0.141. The number of carbonyl (C=O) groups excluding carboxylic acids is 1. The van der Waals surface area contributed by atoms with Gasteiger partial charge in [0.05, 0.1) is 12.5 Å². The molecule has 4 heteroatoms. The van der Waals surface area contributed by atoms with Gasteiger partial charge in [-0.3, -0.25) is 4.79 Å². The van der Waals surface area contributed by atoms with Gasteiger partial charge in [0, 0.05) is 25.7 Å². The second-order valence-corrected chi connectivity index (χ2v) is 5.18. The van der Waals surface area contributed by atoms with Gasteiger partial charge in [0.25, 0.3) is 0 Å². The van der Waals surface area contributed by atoms with Crippen LogP contribution in [0.1, 0.15) is 38.5 Å². The smallest absolute Gasteiger partial charge is 0.228 e. The van der Waals surface area contributed by atoms with Crippen LogP contribution in [0.4, 0.5) is 0 Å². The fourth-order valence-electron chi connectivity index (χ4n) is 2.88. The third kappa shape index (κ3) is 3.19. The van der Waals surface area contributed by atoms with Gasteiger partial charge in [-0.2, -0.15) is 0 Å². The lowest BCUT2D eigenvalue weighted by Crippen LogP contribution is -2.48. The van der Waals surface area contributed by atoms with Crippen molar-refractivity contribution >= 4 is 5.91 Å². The quantitative estimate of drug-likeness (QED) is 0.787. The average Bonchev–Trinajstić information content (AvgIpc) is 2.64. The van der Waals surface area contributed by atoms with Gasteiger partial charge in [0.1, 0.15) is 0 Å². The summed E-state index contributed by atoms with van der Waals surface area (Å²) in [5.41, 5.74) is 5.81. The zero-order valence-corrected chi connectivity index (χ0v) is 10.6. The van der Waals surface area contributed by atoms with Crippen molar-refractivity contribution < 1.29 is 9.53 Å². The zero-order valence-electron chi connectivity index (χ0n) is 10.6. The minimum absolute atomic E-state index is 0.0795. The van der Waals surface area contributed by atoms with E-state index in [9.17, 15) is 4.79 Å². The van der Waals surface area contributed by atoms with E-state index in [-0.39, 0.29) is 17.9 Å². The Morgan fingerprint density at radius 3 is 2.82 bits per heavy atom. The van der Waals surface area contributed by atoms with Crippen molar-refractivity contribution in [3.63, 3.8) is 0 Å². The highest BCUT2D eigenvalue weighted by Gasteiger charge is 2.30. The molecule has 2 unspecified atom stereocenters. The Hall–Kier alpha value is -0.610. The van der Waals surface area contributed by atoms with Gasteiger partial charge in [0.15, 0.2) is 0 Å². The first-order valence-corrected chi connectivity index (χ1v) is 6.91. The lowest BCUT2D eigenvalue weighted by atomic mass is 9.99. The first-order chi connectivity index (χ1) is 8.33. The number of nitrogens with two attached hydrogens (primary N) is 1. The maximum absolute atomic E-state index is 12.5. The molecule has 2 aliphatic heterocycles. The van der Waals surface area contributed by atoms with Crippen LogP contribution < -0.4 is 5.73 Å². The molecule has 0 saturated carbocycles. The van der Waals surface area contributed by atoms with Crippen molar-refractivity contribution in [1.29, 1.82) is 0 Å². The van der Waals surface area contributed by atoms with Crippen LogP contribution >= 0.6 is 0 Å². The minimum Gasteiger partial charge on any atom is -0.381 e. The van der Waals surface area contributed by atoms with E-state index in [4.69, 9.17) is 10.5 Å². The molecule has 4 nitrogen and oxygen atoms in total. The van der Waals surface area contributed by atoms with Crippen molar-refractivity contribution in [2.24, 2.45) is 11.7 Å². The summed E-state index contributed by atoms with van der Waals surface area (Å²) in [7, 11) is 0. The van der Waals surface area contributed by atoms with Gasteiger partial charge in [-0.05, 0) is 25.7 Å². The van der Waals surface area contributed by atoms with Crippen molar-refractivity contribution in [3.8, 4) is 0 Å². The molecule has 98 valence electrons. The Labute approximate surface area is 103 Å². The largest absolute Gasteiger partial charge is 0.381 e. The molecule has 1 amide bonds. The maximum atomic E-state index is 12.5. The fourth-order valence-corrected chi connectivity index (χ4v) is 2.88. The summed E-state index contributed by atoms with van der Waals surface area (Å²) >= 11 is 0.